The fraction of sp³-hybridized carbons (Fsp3) is 0. The molecule has 0 spiro atoms. The molecule has 5 rings (SSSR count). The number of amides is 1. The summed E-state index contributed by atoms with van der Waals surface area (Å²) >= 11 is 0. The van der Waals surface area contributed by atoms with Crippen LogP contribution in [0.4, 0.5) is 5.69 Å². The predicted molar refractivity (Wildman–Crippen MR) is 112 cm³/mol. The number of terminal acetylenes is 1. The highest BCUT2D eigenvalue weighted by Gasteiger charge is 2.13. The molecule has 27 heavy (non-hydrogen) atoms. The largest absolute Gasteiger partial charge is 0.321 e. The van der Waals surface area contributed by atoms with Gasteiger partial charge in [-0.15, -0.1) is 6.42 Å². The van der Waals surface area contributed by atoms with Crippen LogP contribution in [0, 0.1) is 12.3 Å². The number of benzene rings is 5. The van der Waals surface area contributed by atoms with Gasteiger partial charge in [-0.25, -0.2) is 0 Å². The lowest BCUT2D eigenvalue weighted by Crippen LogP contribution is -2.12. The average Bonchev–Trinajstić information content (AvgIpc) is 2.73. The third-order valence-corrected chi connectivity index (χ3v) is 5.09. The number of carbonyl (C=O) groups is 1. The molecule has 2 nitrogen and oxygen atoms in total. The lowest BCUT2D eigenvalue weighted by Gasteiger charge is -2.14. The van der Waals surface area contributed by atoms with Crippen molar-refractivity contribution in [3.8, 4) is 12.3 Å². The summed E-state index contributed by atoms with van der Waals surface area (Å²) in [5.41, 5.74) is 2.15. The summed E-state index contributed by atoms with van der Waals surface area (Å²) < 4.78 is 0. The van der Waals surface area contributed by atoms with Gasteiger partial charge in [-0.3, -0.25) is 4.79 Å². The van der Waals surface area contributed by atoms with Crippen LogP contribution >= 0.6 is 0 Å². The van der Waals surface area contributed by atoms with Gasteiger partial charge in [0.05, 0.1) is 0 Å². The lowest BCUT2D eigenvalue weighted by atomic mass is 9.93. The summed E-state index contributed by atoms with van der Waals surface area (Å²) in [5.74, 6) is 2.42. The zero-order valence-electron chi connectivity index (χ0n) is 14.5. The predicted octanol–water partition coefficient (Wildman–Crippen LogP) is 5.82. The second kappa shape index (κ2) is 5.86. The molecular weight excluding hydrogens is 330 g/mol. The van der Waals surface area contributed by atoms with E-state index in [4.69, 9.17) is 6.42 Å². The van der Waals surface area contributed by atoms with E-state index < -0.39 is 0 Å². The summed E-state index contributed by atoms with van der Waals surface area (Å²) in [6, 6.07) is 25.9. The Morgan fingerprint density at radius 2 is 1.37 bits per heavy atom. The van der Waals surface area contributed by atoms with Crippen molar-refractivity contribution < 1.29 is 4.79 Å². The minimum Gasteiger partial charge on any atom is -0.321 e. The first-order chi connectivity index (χ1) is 13.2. The van der Waals surface area contributed by atoms with Crippen molar-refractivity contribution in [1.29, 1.82) is 0 Å². The van der Waals surface area contributed by atoms with Crippen LogP contribution in [0.1, 0.15) is 15.9 Å². The maximum atomic E-state index is 12.7. The molecule has 0 bridgehead atoms. The van der Waals surface area contributed by atoms with Gasteiger partial charge in [0.15, 0.2) is 0 Å². The van der Waals surface area contributed by atoms with Crippen LogP contribution in [0.2, 0.25) is 0 Å². The molecule has 5 aromatic carbocycles. The Labute approximate surface area is 156 Å². The molecule has 0 atom stereocenters. The van der Waals surface area contributed by atoms with Crippen molar-refractivity contribution in [3.63, 3.8) is 0 Å². The quantitative estimate of drug-likeness (QED) is 0.317. The highest BCUT2D eigenvalue weighted by molar-refractivity contribution is 6.26. The molecular formula is C25H15NO. The fourth-order valence-corrected chi connectivity index (χ4v) is 3.76. The van der Waals surface area contributed by atoms with Gasteiger partial charge < -0.3 is 5.32 Å². The van der Waals surface area contributed by atoms with E-state index in [1.54, 1.807) is 24.3 Å². The van der Waals surface area contributed by atoms with Gasteiger partial charge in [0.1, 0.15) is 0 Å². The Bertz CT molecular complexity index is 1340. The number of hydrogen-bond acceptors (Lipinski definition) is 1. The Balaban J connectivity index is 1.64. The summed E-state index contributed by atoms with van der Waals surface area (Å²) in [6.07, 6.45) is 5.38. The number of hydrogen-bond donors (Lipinski definition) is 1. The van der Waals surface area contributed by atoms with Crippen molar-refractivity contribution in [2.24, 2.45) is 0 Å². The molecule has 2 heteroatoms. The maximum Gasteiger partial charge on any atom is 0.255 e. The minimum atomic E-state index is -0.145. The summed E-state index contributed by atoms with van der Waals surface area (Å²) in [7, 11) is 0. The van der Waals surface area contributed by atoms with Crippen LogP contribution < -0.4 is 5.32 Å². The molecule has 126 valence electrons. The molecule has 0 aliphatic heterocycles. The number of nitrogens with one attached hydrogen (secondary N) is 1. The molecule has 0 radical (unpaired) electrons. The maximum absolute atomic E-state index is 12.7. The Hall–Kier alpha value is -3.83. The highest BCUT2D eigenvalue weighted by atomic mass is 16.1. The first-order valence-electron chi connectivity index (χ1n) is 8.79. The number of rotatable bonds is 2. The summed E-state index contributed by atoms with van der Waals surface area (Å²) in [4.78, 5) is 12.7. The Morgan fingerprint density at radius 1 is 0.741 bits per heavy atom. The SMILES string of the molecule is C#Cc1ccc(C(=O)Nc2ccc3ccc4cccc5ccc2c3c45)cc1. The van der Waals surface area contributed by atoms with Gasteiger partial charge in [0.25, 0.3) is 5.91 Å². The van der Waals surface area contributed by atoms with E-state index in [-0.39, 0.29) is 5.91 Å². The number of anilines is 1. The molecule has 0 fully saturated rings. The standard InChI is InChI=1S/C25H15NO/c1-2-16-6-8-20(9-7-16)25(27)26-22-15-13-19-11-10-17-4-3-5-18-12-14-21(22)24(19)23(17)18/h1,3-15H,(H,26,27). The third kappa shape index (κ3) is 2.41. The van der Waals surface area contributed by atoms with Gasteiger partial charge in [0, 0.05) is 22.2 Å². The molecule has 0 heterocycles. The van der Waals surface area contributed by atoms with Crippen molar-refractivity contribution in [3.05, 3.63) is 90.0 Å². The minimum absolute atomic E-state index is 0.145. The lowest BCUT2D eigenvalue weighted by molar-refractivity contribution is 0.102. The molecule has 0 aromatic heterocycles. The summed E-state index contributed by atoms with van der Waals surface area (Å²) in [6.45, 7) is 0. The molecule has 0 aliphatic carbocycles. The zero-order valence-corrected chi connectivity index (χ0v) is 14.5. The zero-order chi connectivity index (χ0) is 18.4. The third-order valence-electron chi connectivity index (χ3n) is 5.09. The van der Waals surface area contributed by atoms with E-state index in [0.717, 1.165) is 16.6 Å². The van der Waals surface area contributed by atoms with Crippen LogP contribution in [0.5, 0.6) is 0 Å². The van der Waals surface area contributed by atoms with Crippen LogP contribution in [0.25, 0.3) is 32.3 Å². The van der Waals surface area contributed by atoms with Gasteiger partial charge >= 0.3 is 0 Å². The van der Waals surface area contributed by atoms with Crippen molar-refractivity contribution in [1.82, 2.24) is 0 Å². The van der Waals surface area contributed by atoms with E-state index in [1.165, 1.54) is 26.9 Å². The first kappa shape index (κ1) is 15.4. The molecule has 5 aromatic rings. The average molecular weight is 345 g/mol. The normalized spacial score (nSPS) is 11.1. The van der Waals surface area contributed by atoms with Gasteiger partial charge in [0.2, 0.25) is 0 Å². The smallest absolute Gasteiger partial charge is 0.255 e. The number of carbonyl (C=O) groups excluding carboxylic acids is 1. The molecule has 0 saturated heterocycles. The molecule has 0 aliphatic rings. The second-order valence-electron chi connectivity index (χ2n) is 6.64. The highest BCUT2D eigenvalue weighted by Crippen LogP contribution is 2.37. The van der Waals surface area contributed by atoms with Crippen LogP contribution in [0.15, 0.2) is 78.9 Å². The Kier molecular flexibility index (Phi) is 3.35. The second-order valence-corrected chi connectivity index (χ2v) is 6.64. The van der Waals surface area contributed by atoms with Gasteiger partial charge in [-0.05, 0) is 57.3 Å². The van der Waals surface area contributed by atoms with E-state index >= 15 is 0 Å². The van der Waals surface area contributed by atoms with Crippen LogP contribution in [0.3, 0.4) is 0 Å². The van der Waals surface area contributed by atoms with Crippen molar-refractivity contribution in [2.45, 2.75) is 0 Å². The van der Waals surface area contributed by atoms with Crippen molar-refractivity contribution >= 4 is 43.9 Å². The van der Waals surface area contributed by atoms with E-state index in [1.807, 2.05) is 6.07 Å². The first-order valence-corrected chi connectivity index (χ1v) is 8.79. The van der Waals surface area contributed by atoms with Gasteiger partial charge in [-0.2, -0.15) is 0 Å². The fourth-order valence-electron chi connectivity index (χ4n) is 3.76. The van der Waals surface area contributed by atoms with E-state index in [9.17, 15) is 4.79 Å². The monoisotopic (exact) mass is 345 g/mol. The molecule has 1 N–H and O–H groups in total. The molecule has 0 saturated carbocycles. The molecule has 0 unspecified atom stereocenters. The van der Waals surface area contributed by atoms with E-state index in [0.29, 0.717) is 5.56 Å². The van der Waals surface area contributed by atoms with Crippen molar-refractivity contribution in [2.75, 3.05) is 5.32 Å². The van der Waals surface area contributed by atoms with Gasteiger partial charge in [-0.1, -0.05) is 54.5 Å². The van der Waals surface area contributed by atoms with E-state index in [2.05, 4.69) is 59.8 Å². The summed E-state index contributed by atoms with van der Waals surface area (Å²) in [5, 5.41) is 10.1. The topological polar surface area (TPSA) is 29.1 Å². The van der Waals surface area contributed by atoms with Crippen LogP contribution in [-0.4, -0.2) is 5.91 Å². The van der Waals surface area contributed by atoms with Crippen LogP contribution in [-0.2, 0) is 0 Å². The molecule has 1 amide bonds. The Morgan fingerprint density at radius 3 is 2.07 bits per heavy atom.